The Kier molecular flexibility index (Phi) is 3.90. The largest absolute Gasteiger partial charge is 0.380 e. The minimum atomic E-state index is -0.0981. The van der Waals surface area contributed by atoms with E-state index in [4.69, 9.17) is 0 Å². The van der Waals surface area contributed by atoms with Crippen LogP contribution in [0.25, 0.3) is 27.9 Å². The van der Waals surface area contributed by atoms with E-state index in [0.29, 0.717) is 12.0 Å². The number of rotatable bonds is 3. The highest BCUT2D eigenvalue weighted by Crippen LogP contribution is 2.25. The first-order valence-electron chi connectivity index (χ1n) is 9.37. The molecule has 1 atom stereocenters. The van der Waals surface area contributed by atoms with Gasteiger partial charge in [-0.25, -0.2) is 9.55 Å². The molecule has 1 aliphatic heterocycles. The molecule has 6 nitrogen and oxygen atoms in total. The minimum Gasteiger partial charge on any atom is -0.380 e. The number of hydrogen-bond donors (Lipinski definition) is 3. The summed E-state index contributed by atoms with van der Waals surface area (Å²) in [7, 11) is 0. The first-order chi connectivity index (χ1) is 13.3. The van der Waals surface area contributed by atoms with Crippen LogP contribution in [0.3, 0.4) is 0 Å². The van der Waals surface area contributed by atoms with E-state index in [-0.39, 0.29) is 5.56 Å². The molecule has 1 saturated heterocycles. The maximum absolute atomic E-state index is 13.0. The van der Waals surface area contributed by atoms with Gasteiger partial charge < -0.3 is 15.6 Å². The molecule has 0 saturated carbocycles. The molecule has 1 fully saturated rings. The van der Waals surface area contributed by atoms with Crippen LogP contribution in [0.1, 0.15) is 12.8 Å². The highest BCUT2D eigenvalue weighted by Gasteiger charge is 2.17. The number of piperidine rings is 1. The molecule has 1 aliphatic rings. The molecule has 27 heavy (non-hydrogen) atoms. The lowest BCUT2D eigenvalue weighted by Crippen LogP contribution is -2.38. The van der Waals surface area contributed by atoms with Gasteiger partial charge >= 0.3 is 0 Å². The molecule has 0 aliphatic carbocycles. The number of anilines is 1. The zero-order chi connectivity index (χ0) is 18.2. The standard InChI is InChI=1S/C21H21N5O/c27-20-12-18(23-14-6-5-11-22-13-14)15-7-1-4-10-19(15)26(20)21-24-16-8-2-3-9-17(16)25-21/h1-4,7-10,12,14,22-23H,5-6,11,13H2,(H,24,25). The van der Waals surface area contributed by atoms with Gasteiger partial charge in [-0.05, 0) is 37.6 Å². The highest BCUT2D eigenvalue weighted by molar-refractivity contribution is 5.92. The molecule has 3 N–H and O–H groups in total. The zero-order valence-corrected chi connectivity index (χ0v) is 14.9. The van der Waals surface area contributed by atoms with Gasteiger partial charge in [0.25, 0.3) is 5.56 Å². The number of aromatic nitrogens is 3. The molecule has 0 amide bonds. The van der Waals surface area contributed by atoms with Crippen molar-refractivity contribution in [2.24, 2.45) is 0 Å². The van der Waals surface area contributed by atoms with Gasteiger partial charge in [0.1, 0.15) is 0 Å². The molecule has 5 rings (SSSR count). The first kappa shape index (κ1) is 16.1. The van der Waals surface area contributed by atoms with E-state index in [9.17, 15) is 4.79 Å². The van der Waals surface area contributed by atoms with Crippen molar-refractivity contribution in [3.8, 4) is 5.95 Å². The van der Waals surface area contributed by atoms with Crippen molar-refractivity contribution in [3.05, 3.63) is 65.0 Å². The zero-order valence-electron chi connectivity index (χ0n) is 14.9. The Balaban J connectivity index is 1.66. The van der Waals surface area contributed by atoms with Crippen LogP contribution in [-0.4, -0.2) is 33.7 Å². The van der Waals surface area contributed by atoms with Gasteiger partial charge in [-0.15, -0.1) is 0 Å². The first-order valence-corrected chi connectivity index (χ1v) is 9.37. The van der Waals surface area contributed by atoms with Crippen LogP contribution in [-0.2, 0) is 0 Å². The lowest BCUT2D eigenvalue weighted by Gasteiger charge is -2.25. The number of hydrogen-bond acceptors (Lipinski definition) is 4. The van der Waals surface area contributed by atoms with Crippen LogP contribution in [0, 0.1) is 0 Å². The maximum Gasteiger partial charge on any atom is 0.260 e. The van der Waals surface area contributed by atoms with Gasteiger partial charge in [0.15, 0.2) is 0 Å². The van der Waals surface area contributed by atoms with Crippen molar-refractivity contribution in [2.75, 3.05) is 18.4 Å². The number of pyridine rings is 1. The summed E-state index contributed by atoms with van der Waals surface area (Å²) >= 11 is 0. The fourth-order valence-corrected chi connectivity index (χ4v) is 3.86. The lowest BCUT2D eigenvalue weighted by molar-refractivity contribution is 0.480. The number of para-hydroxylation sites is 3. The van der Waals surface area contributed by atoms with Crippen molar-refractivity contribution >= 4 is 27.6 Å². The van der Waals surface area contributed by atoms with Gasteiger partial charge in [0.05, 0.1) is 16.6 Å². The highest BCUT2D eigenvalue weighted by atomic mass is 16.1. The second kappa shape index (κ2) is 6.55. The van der Waals surface area contributed by atoms with Crippen molar-refractivity contribution in [1.82, 2.24) is 19.9 Å². The molecule has 3 heterocycles. The summed E-state index contributed by atoms with van der Waals surface area (Å²) in [6.45, 7) is 1.98. The summed E-state index contributed by atoms with van der Waals surface area (Å²) in [6.07, 6.45) is 2.25. The number of imidazole rings is 1. The summed E-state index contributed by atoms with van der Waals surface area (Å²) in [5.41, 5.74) is 3.39. The predicted molar refractivity (Wildman–Crippen MR) is 109 cm³/mol. The molecular weight excluding hydrogens is 338 g/mol. The normalized spacial score (nSPS) is 17.4. The molecule has 4 aromatic rings. The Morgan fingerprint density at radius 3 is 2.81 bits per heavy atom. The average Bonchev–Trinajstić information content (AvgIpc) is 3.12. The summed E-state index contributed by atoms with van der Waals surface area (Å²) in [4.78, 5) is 20.9. The van der Waals surface area contributed by atoms with Crippen molar-refractivity contribution in [2.45, 2.75) is 18.9 Å². The van der Waals surface area contributed by atoms with Crippen LogP contribution in [0.4, 0.5) is 5.69 Å². The predicted octanol–water partition coefficient (Wildman–Crippen LogP) is 3.03. The van der Waals surface area contributed by atoms with Crippen LogP contribution >= 0.6 is 0 Å². The number of fused-ring (bicyclic) bond motifs is 2. The third-order valence-electron chi connectivity index (χ3n) is 5.17. The van der Waals surface area contributed by atoms with Crippen LogP contribution < -0.4 is 16.2 Å². The van der Waals surface area contributed by atoms with Crippen LogP contribution in [0.2, 0.25) is 0 Å². The van der Waals surface area contributed by atoms with Crippen molar-refractivity contribution in [1.29, 1.82) is 0 Å². The molecule has 136 valence electrons. The minimum absolute atomic E-state index is 0.0981. The van der Waals surface area contributed by atoms with Gasteiger partial charge in [0.2, 0.25) is 5.95 Å². The topological polar surface area (TPSA) is 74.7 Å². The number of H-pyrrole nitrogens is 1. The van der Waals surface area contributed by atoms with Crippen molar-refractivity contribution < 1.29 is 0 Å². The molecule has 0 bridgehead atoms. The fourth-order valence-electron chi connectivity index (χ4n) is 3.86. The third-order valence-corrected chi connectivity index (χ3v) is 5.17. The Morgan fingerprint density at radius 1 is 1.11 bits per heavy atom. The quantitative estimate of drug-likeness (QED) is 0.526. The second-order valence-corrected chi connectivity index (χ2v) is 7.01. The van der Waals surface area contributed by atoms with E-state index in [1.807, 2.05) is 48.5 Å². The maximum atomic E-state index is 13.0. The summed E-state index contributed by atoms with van der Waals surface area (Å²) in [5.74, 6) is 0.545. The lowest BCUT2D eigenvalue weighted by atomic mass is 10.1. The summed E-state index contributed by atoms with van der Waals surface area (Å²) in [5, 5.41) is 7.99. The molecule has 1 unspecified atom stereocenters. The van der Waals surface area contributed by atoms with E-state index in [2.05, 4.69) is 20.6 Å². The monoisotopic (exact) mass is 359 g/mol. The fraction of sp³-hybridized carbons (Fsp3) is 0.238. The Labute approximate surface area is 156 Å². The van der Waals surface area contributed by atoms with E-state index in [0.717, 1.165) is 53.6 Å². The molecule has 0 spiro atoms. The Hall–Kier alpha value is -3.12. The Morgan fingerprint density at radius 2 is 1.96 bits per heavy atom. The van der Waals surface area contributed by atoms with E-state index in [1.165, 1.54) is 0 Å². The summed E-state index contributed by atoms with van der Waals surface area (Å²) in [6, 6.07) is 17.8. The second-order valence-electron chi connectivity index (χ2n) is 7.01. The van der Waals surface area contributed by atoms with E-state index >= 15 is 0 Å². The van der Waals surface area contributed by atoms with Crippen LogP contribution in [0.5, 0.6) is 0 Å². The van der Waals surface area contributed by atoms with Gasteiger partial charge in [-0.1, -0.05) is 30.3 Å². The van der Waals surface area contributed by atoms with Gasteiger partial charge in [-0.3, -0.25) is 4.79 Å². The Bertz CT molecular complexity index is 1140. The van der Waals surface area contributed by atoms with Crippen LogP contribution in [0.15, 0.2) is 59.4 Å². The van der Waals surface area contributed by atoms with E-state index in [1.54, 1.807) is 10.6 Å². The molecule has 0 radical (unpaired) electrons. The molecule has 2 aromatic heterocycles. The van der Waals surface area contributed by atoms with Gasteiger partial charge in [-0.2, -0.15) is 0 Å². The smallest absolute Gasteiger partial charge is 0.260 e. The van der Waals surface area contributed by atoms with Gasteiger partial charge in [0, 0.05) is 29.7 Å². The van der Waals surface area contributed by atoms with Crippen molar-refractivity contribution in [3.63, 3.8) is 0 Å². The van der Waals surface area contributed by atoms with E-state index < -0.39 is 0 Å². The number of nitrogens with zero attached hydrogens (tertiary/aromatic N) is 2. The molecule has 2 aromatic carbocycles. The number of benzene rings is 2. The number of nitrogens with one attached hydrogen (secondary N) is 3. The number of aromatic amines is 1. The molecule has 6 heteroatoms. The molecular formula is C21H21N5O. The summed E-state index contributed by atoms with van der Waals surface area (Å²) < 4.78 is 1.65. The SMILES string of the molecule is O=c1cc(NC2CCCNC2)c2ccccc2n1-c1nc2ccccc2[nH]1. The third kappa shape index (κ3) is 2.88. The average molecular weight is 359 g/mol.